The lowest BCUT2D eigenvalue weighted by atomic mass is 10.0. The van der Waals surface area contributed by atoms with Crippen LogP contribution in [0.1, 0.15) is 20.8 Å². The monoisotopic (exact) mass is 481 g/mol. The Morgan fingerprint density at radius 3 is 2.29 bits per heavy atom. The number of aromatic nitrogens is 1. The van der Waals surface area contributed by atoms with Gasteiger partial charge < -0.3 is 20.1 Å². The van der Waals surface area contributed by atoms with Crippen LogP contribution in [0.5, 0.6) is 17.2 Å². The van der Waals surface area contributed by atoms with Crippen molar-refractivity contribution in [2.75, 3.05) is 12.4 Å². The van der Waals surface area contributed by atoms with Crippen molar-refractivity contribution in [2.24, 2.45) is 0 Å². The van der Waals surface area contributed by atoms with E-state index in [9.17, 15) is 22.8 Å². The molecule has 0 aliphatic carbocycles. The number of benzene rings is 3. The van der Waals surface area contributed by atoms with Gasteiger partial charge in [-0.25, -0.2) is 0 Å². The zero-order chi connectivity index (χ0) is 25.0. The maximum atomic E-state index is 12.8. The van der Waals surface area contributed by atoms with Crippen molar-refractivity contribution >= 4 is 28.3 Å². The van der Waals surface area contributed by atoms with Gasteiger partial charge in [-0.1, -0.05) is 12.1 Å². The highest BCUT2D eigenvalue weighted by Gasteiger charge is 2.31. The molecule has 4 aromatic rings. The van der Waals surface area contributed by atoms with Crippen molar-refractivity contribution in [2.45, 2.75) is 6.36 Å². The van der Waals surface area contributed by atoms with Gasteiger partial charge in [0.2, 0.25) is 0 Å². The maximum absolute atomic E-state index is 12.8. The highest BCUT2D eigenvalue weighted by atomic mass is 19.4. The summed E-state index contributed by atoms with van der Waals surface area (Å²) in [6, 6.07) is 18.3. The number of halogens is 3. The average Bonchev–Trinajstić information content (AvgIpc) is 2.83. The molecule has 0 bridgehead atoms. The first kappa shape index (κ1) is 23.6. The average molecular weight is 481 g/mol. The molecular weight excluding hydrogens is 463 g/mol. The molecule has 0 fully saturated rings. The molecule has 0 radical (unpaired) electrons. The van der Waals surface area contributed by atoms with Crippen molar-refractivity contribution in [3.63, 3.8) is 0 Å². The van der Waals surface area contributed by atoms with Crippen LogP contribution in [-0.4, -0.2) is 30.2 Å². The number of ether oxygens (including phenoxy) is 2. The Morgan fingerprint density at radius 2 is 1.57 bits per heavy atom. The molecule has 0 saturated heterocycles. The molecule has 0 saturated carbocycles. The number of rotatable bonds is 6. The Bertz CT molecular complexity index is 1390. The Labute approximate surface area is 197 Å². The molecule has 0 atom stereocenters. The molecule has 0 unspecified atom stereocenters. The molecule has 2 amide bonds. The van der Waals surface area contributed by atoms with E-state index in [1.165, 1.54) is 31.4 Å². The van der Waals surface area contributed by atoms with Gasteiger partial charge in [-0.15, -0.1) is 13.2 Å². The molecule has 35 heavy (non-hydrogen) atoms. The van der Waals surface area contributed by atoms with E-state index < -0.39 is 12.3 Å². The number of hydrogen-bond donors (Lipinski definition) is 2. The number of nitrogens with one attached hydrogen (secondary N) is 2. The Hall–Kier alpha value is -4.60. The van der Waals surface area contributed by atoms with Crippen LogP contribution in [0.15, 0.2) is 79.0 Å². The Morgan fingerprint density at radius 1 is 0.857 bits per heavy atom. The predicted octanol–water partition coefficient (Wildman–Crippen LogP) is 5.54. The summed E-state index contributed by atoms with van der Waals surface area (Å²) in [5.74, 6) is -0.246. The summed E-state index contributed by atoms with van der Waals surface area (Å²) in [4.78, 5) is 28.6. The lowest BCUT2D eigenvalue weighted by Crippen LogP contribution is -2.18. The quantitative estimate of drug-likeness (QED) is 0.378. The summed E-state index contributed by atoms with van der Waals surface area (Å²) in [6.07, 6.45) is -3.33. The summed E-state index contributed by atoms with van der Waals surface area (Å²) >= 11 is 0. The topological polar surface area (TPSA) is 89.5 Å². The lowest BCUT2D eigenvalue weighted by Gasteiger charge is -2.12. The van der Waals surface area contributed by atoms with Gasteiger partial charge >= 0.3 is 6.36 Å². The van der Waals surface area contributed by atoms with Crippen molar-refractivity contribution in [3.8, 4) is 17.2 Å². The third-order valence-corrected chi connectivity index (χ3v) is 4.87. The molecule has 7 nitrogen and oxygen atoms in total. The molecule has 2 N–H and O–H groups in total. The number of carbonyl (C=O) groups is 2. The summed E-state index contributed by atoms with van der Waals surface area (Å²) < 4.78 is 46.6. The third kappa shape index (κ3) is 5.85. The van der Waals surface area contributed by atoms with Crippen molar-refractivity contribution in [1.29, 1.82) is 0 Å². The Kier molecular flexibility index (Phi) is 6.54. The summed E-state index contributed by atoms with van der Waals surface area (Å²) in [6.45, 7) is 0. The van der Waals surface area contributed by atoms with E-state index in [1.54, 1.807) is 36.4 Å². The van der Waals surface area contributed by atoms with Gasteiger partial charge in [0, 0.05) is 30.6 Å². The highest BCUT2D eigenvalue weighted by Crippen LogP contribution is 2.29. The summed E-state index contributed by atoms with van der Waals surface area (Å²) in [5, 5.41) is 6.54. The van der Waals surface area contributed by atoms with Crippen LogP contribution in [0, 0.1) is 0 Å². The maximum Gasteiger partial charge on any atom is 0.573 e. The van der Waals surface area contributed by atoms with Crippen LogP contribution in [0.4, 0.5) is 18.9 Å². The SMILES string of the molecule is CNC(=O)c1cc(Oc2ccc3c(C(=O)Nc4ccc(OC(F)(F)F)cc4)cccc3c2)ccn1. The highest BCUT2D eigenvalue weighted by molar-refractivity contribution is 6.13. The number of alkyl halides is 3. The number of fused-ring (bicyclic) bond motifs is 1. The zero-order valence-electron chi connectivity index (χ0n) is 18.2. The molecule has 0 spiro atoms. The van der Waals surface area contributed by atoms with E-state index in [-0.39, 0.29) is 17.4 Å². The minimum absolute atomic E-state index is 0.211. The van der Waals surface area contributed by atoms with Crippen LogP contribution < -0.4 is 20.1 Å². The van der Waals surface area contributed by atoms with Crippen LogP contribution in [0.2, 0.25) is 0 Å². The van der Waals surface area contributed by atoms with Gasteiger partial charge in [0.25, 0.3) is 11.8 Å². The predicted molar refractivity (Wildman–Crippen MR) is 123 cm³/mol. The summed E-state index contributed by atoms with van der Waals surface area (Å²) in [7, 11) is 1.51. The molecule has 1 heterocycles. The minimum atomic E-state index is -4.79. The normalized spacial score (nSPS) is 11.1. The van der Waals surface area contributed by atoms with Crippen molar-refractivity contribution < 1.29 is 32.2 Å². The first-order valence-corrected chi connectivity index (χ1v) is 10.3. The number of carbonyl (C=O) groups excluding carboxylic acids is 2. The second kappa shape index (κ2) is 9.72. The van der Waals surface area contributed by atoms with Gasteiger partial charge in [-0.2, -0.15) is 0 Å². The fraction of sp³-hybridized carbons (Fsp3) is 0.0800. The van der Waals surface area contributed by atoms with E-state index >= 15 is 0 Å². The van der Waals surface area contributed by atoms with E-state index in [1.807, 2.05) is 6.07 Å². The number of anilines is 1. The van der Waals surface area contributed by atoms with Crippen LogP contribution >= 0.6 is 0 Å². The van der Waals surface area contributed by atoms with Gasteiger partial charge in [0.05, 0.1) is 0 Å². The van der Waals surface area contributed by atoms with Gasteiger partial charge in [0.1, 0.15) is 22.9 Å². The van der Waals surface area contributed by atoms with Crippen molar-refractivity contribution in [1.82, 2.24) is 10.3 Å². The molecule has 3 aromatic carbocycles. The minimum Gasteiger partial charge on any atom is -0.457 e. The van der Waals surface area contributed by atoms with E-state index in [0.29, 0.717) is 28.1 Å². The second-order valence-electron chi connectivity index (χ2n) is 7.27. The fourth-order valence-corrected chi connectivity index (χ4v) is 3.32. The lowest BCUT2D eigenvalue weighted by molar-refractivity contribution is -0.274. The zero-order valence-corrected chi connectivity index (χ0v) is 18.2. The fourth-order valence-electron chi connectivity index (χ4n) is 3.32. The van der Waals surface area contributed by atoms with Crippen LogP contribution in [-0.2, 0) is 0 Å². The van der Waals surface area contributed by atoms with Gasteiger partial charge in [0.15, 0.2) is 0 Å². The van der Waals surface area contributed by atoms with Gasteiger partial charge in [-0.05, 0) is 65.4 Å². The van der Waals surface area contributed by atoms with Crippen LogP contribution in [0.25, 0.3) is 10.8 Å². The van der Waals surface area contributed by atoms with Gasteiger partial charge in [-0.3, -0.25) is 14.6 Å². The third-order valence-electron chi connectivity index (χ3n) is 4.87. The van der Waals surface area contributed by atoms with Crippen molar-refractivity contribution in [3.05, 3.63) is 90.3 Å². The number of hydrogen-bond acceptors (Lipinski definition) is 5. The standard InChI is InChI=1S/C25H18F3N3O4/c1-29-24(33)22-14-19(11-12-30-22)34-18-9-10-20-15(13-18)3-2-4-21(20)23(32)31-16-5-7-17(8-6-16)35-25(26,27)28/h2-14H,1H3,(H,29,33)(H,31,32). The molecule has 1 aromatic heterocycles. The van der Waals surface area contributed by atoms with Crippen LogP contribution in [0.3, 0.4) is 0 Å². The number of nitrogens with zero attached hydrogens (tertiary/aromatic N) is 1. The summed E-state index contributed by atoms with van der Waals surface area (Å²) in [5.41, 5.74) is 0.893. The van der Waals surface area contributed by atoms with E-state index in [4.69, 9.17) is 4.74 Å². The largest absolute Gasteiger partial charge is 0.573 e. The Balaban J connectivity index is 1.52. The molecule has 0 aliphatic heterocycles. The smallest absolute Gasteiger partial charge is 0.457 e. The number of amides is 2. The molecule has 10 heteroatoms. The molecular formula is C25H18F3N3O4. The second-order valence-corrected chi connectivity index (χ2v) is 7.27. The number of pyridine rings is 1. The molecule has 4 rings (SSSR count). The van der Waals surface area contributed by atoms with E-state index in [0.717, 1.165) is 17.5 Å². The molecule has 0 aliphatic rings. The van der Waals surface area contributed by atoms with E-state index in [2.05, 4.69) is 20.4 Å². The molecule has 178 valence electrons. The first-order chi connectivity index (χ1) is 16.7. The first-order valence-electron chi connectivity index (χ1n) is 10.3.